The molecule has 0 saturated carbocycles. The molecule has 3 aromatic rings. The molecule has 0 unspecified atom stereocenters. The van der Waals surface area contributed by atoms with Crippen LogP contribution in [-0.2, 0) is 16.4 Å². The molecule has 2 amide bonds. The third kappa shape index (κ3) is 6.10. The molecule has 230 valence electrons. The topological polar surface area (TPSA) is 132 Å². The third-order valence-electron chi connectivity index (χ3n) is 8.27. The van der Waals surface area contributed by atoms with Gasteiger partial charge in [-0.1, -0.05) is 6.07 Å². The van der Waals surface area contributed by atoms with E-state index in [4.69, 9.17) is 4.74 Å². The minimum absolute atomic E-state index is 0.0934. The number of nitrogens with one attached hydrogen (secondary N) is 1. The Morgan fingerprint density at radius 3 is 2.55 bits per heavy atom. The van der Waals surface area contributed by atoms with Crippen molar-refractivity contribution in [2.24, 2.45) is 0 Å². The van der Waals surface area contributed by atoms with Crippen LogP contribution in [-0.4, -0.2) is 70.8 Å². The molecule has 2 aliphatic rings. The van der Waals surface area contributed by atoms with Crippen LogP contribution >= 0.6 is 0 Å². The second-order valence-electron chi connectivity index (χ2n) is 10.8. The molecule has 0 aliphatic carbocycles. The number of aromatic nitrogens is 2. The van der Waals surface area contributed by atoms with Gasteiger partial charge in [-0.15, -0.1) is 0 Å². The number of pyridine rings is 2. The molecule has 0 bridgehead atoms. The second-order valence-corrected chi connectivity index (χ2v) is 10.8. The number of alkyl halides is 3. The highest BCUT2D eigenvalue weighted by Crippen LogP contribution is 2.40. The van der Waals surface area contributed by atoms with Gasteiger partial charge >= 0.3 is 12.3 Å². The summed E-state index contributed by atoms with van der Waals surface area (Å²) >= 11 is 0. The Morgan fingerprint density at radius 2 is 1.93 bits per heavy atom. The Kier molecular flexibility index (Phi) is 8.62. The van der Waals surface area contributed by atoms with Crippen molar-refractivity contribution in [2.75, 3.05) is 37.7 Å². The van der Waals surface area contributed by atoms with Gasteiger partial charge in [-0.3, -0.25) is 9.78 Å². The predicted molar refractivity (Wildman–Crippen MR) is 154 cm³/mol. The lowest BCUT2D eigenvalue weighted by Crippen LogP contribution is -2.54. The van der Waals surface area contributed by atoms with Crippen molar-refractivity contribution in [1.29, 1.82) is 5.26 Å². The monoisotopic (exact) mass is 608 g/mol. The van der Waals surface area contributed by atoms with Crippen molar-refractivity contribution in [3.05, 3.63) is 71.5 Å². The first-order valence-electron chi connectivity index (χ1n) is 14.3. The fraction of sp³-hybridized carbons (Fsp3) is 0.387. The van der Waals surface area contributed by atoms with E-state index in [9.17, 15) is 33.1 Å². The van der Waals surface area contributed by atoms with Gasteiger partial charge in [0, 0.05) is 44.6 Å². The van der Waals surface area contributed by atoms with E-state index in [0.717, 1.165) is 12.1 Å². The lowest BCUT2D eigenvalue weighted by Gasteiger charge is -2.42. The molecule has 44 heavy (non-hydrogen) atoms. The molecule has 2 fully saturated rings. The average molecular weight is 609 g/mol. The van der Waals surface area contributed by atoms with E-state index in [1.807, 2.05) is 30.0 Å². The lowest BCUT2D eigenvalue weighted by molar-refractivity contribution is -0.137. The molecule has 2 N–H and O–H groups in total. The minimum atomic E-state index is -4.58. The van der Waals surface area contributed by atoms with Crippen LogP contribution in [0, 0.1) is 11.3 Å². The SMILES string of the molecule is CCOc1ncccc1-c1ccc(C2(C(=O)N[C@@H]3CCN(C(=O)O)C3)CCN(c3ccc(C(F)(F)F)cc3C#N)CC2)cn1. The number of hydrogen-bond donors (Lipinski definition) is 2. The van der Waals surface area contributed by atoms with Crippen molar-refractivity contribution in [1.82, 2.24) is 20.2 Å². The first kappa shape index (κ1) is 30.6. The standard InChI is InChI=1S/C31H31F3N6O4/c1-2-44-27-24(4-3-12-36-27)25-7-5-22(18-37-25)30(28(41)38-23-9-13-40(19-23)29(42)43)10-14-39(15-11-30)26-8-6-21(31(32,33)34)16-20(26)17-35/h3-8,12,16,18,23H,2,9-11,13-15,19H2,1H3,(H,38,41)(H,42,43)/t23-/m1/s1. The van der Waals surface area contributed by atoms with E-state index in [-0.39, 0.29) is 50.0 Å². The zero-order valence-electron chi connectivity index (χ0n) is 24.0. The summed E-state index contributed by atoms with van der Waals surface area (Å²) in [5.41, 5.74) is 0.286. The number of anilines is 1. The highest BCUT2D eigenvalue weighted by Gasteiger charge is 2.45. The van der Waals surface area contributed by atoms with Gasteiger partial charge in [0.2, 0.25) is 11.8 Å². The van der Waals surface area contributed by atoms with Crippen LogP contribution in [0.3, 0.4) is 0 Å². The molecular formula is C31H31F3N6O4. The van der Waals surface area contributed by atoms with E-state index in [1.165, 1.54) is 11.0 Å². The van der Waals surface area contributed by atoms with Gasteiger partial charge in [-0.25, -0.2) is 9.78 Å². The normalized spacial score (nSPS) is 18.0. The summed E-state index contributed by atoms with van der Waals surface area (Å²) in [6.45, 7) is 3.35. The Morgan fingerprint density at radius 1 is 1.16 bits per heavy atom. The van der Waals surface area contributed by atoms with Crippen LogP contribution in [0.4, 0.5) is 23.7 Å². The van der Waals surface area contributed by atoms with Crippen molar-refractivity contribution >= 4 is 17.7 Å². The summed E-state index contributed by atoms with van der Waals surface area (Å²) in [4.78, 5) is 37.5. The molecule has 0 radical (unpaired) electrons. The maximum Gasteiger partial charge on any atom is 0.416 e. The molecule has 0 spiro atoms. The summed E-state index contributed by atoms with van der Waals surface area (Å²) in [5, 5.41) is 22.0. The fourth-order valence-corrected chi connectivity index (χ4v) is 5.90. The zero-order chi connectivity index (χ0) is 31.5. The minimum Gasteiger partial charge on any atom is -0.477 e. The first-order chi connectivity index (χ1) is 21.1. The van der Waals surface area contributed by atoms with Gasteiger partial charge in [-0.05, 0) is 68.1 Å². The van der Waals surface area contributed by atoms with Gasteiger partial charge < -0.3 is 25.0 Å². The summed E-state index contributed by atoms with van der Waals surface area (Å²) in [6.07, 6.45) is -1.29. The molecule has 10 nitrogen and oxygen atoms in total. The quantitative estimate of drug-likeness (QED) is 0.390. The van der Waals surface area contributed by atoms with Crippen molar-refractivity contribution in [3.8, 4) is 23.2 Å². The maximum absolute atomic E-state index is 14.0. The molecule has 13 heteroatoms. The van der Waals surface area contributed by atoms with E-state index < -0.39 is 23.2 Å². The van der Waals surface area contributed by atoms with Crippen LogP contribution in [0.5, 0.6) is 5.88 Å². The highest BCUT2D eigenvalue weighted by atomic mass is 19.4. The van der Waals surface area contributed by atoms with E-state index in [1.54, 1.807) is 24.5 Å². The fourth-order valence-electron chi connectivity index (χ4n) is 5.90. The Labute approximate surface area is 252 Å². The third-order valence-corrected chi connectivity index (χ3v) is 8.27. The van der Waals surface area contributed by atoms with Crippen LogP contribution in [0.2, 0.25) is 0 Å². The average Bonchev–Trinajstić information content (AvgIpc) is 3.50. The summed E-state index contributed by atoms with van der Waals surface area (Å²) < 4.78 is 45.5. The number of amides is 2. The number of nitriles is 1. The number of carboxylic acid groups (broad SMARTS) is 1. The van der Waals surface area contributed by atoms with Gasteiger partial charge in [0.25, 0.3) is 0 Å². The molecule has 2 saturated heterocycles. The van der Waals surface area contributed by atoms with E-state index in [2.05, 4.69) is 15.3 Å². The number of ether oxygens (including phenoxy) is 1. The molecule has 2 aromatic heterocycles. The maximum atomic E-state index is 14.0. The number of piperidine rings is 1. The number of carbonyl (C=O) groups excluding carboxylic acids is 1. The lowest BCUT2D eigenvalue weighted by atomic mass is 9.72. The second kappa shape index (κ2) is 12.4. The van der Waals surface area contributed by atoms with Crippen molar-refractivity contribution in [3.63, 3.8) is 0 Å². The molecular weight excluding hydrogens is 577 g/mol. The van der Waals surface area contributed by atoms with Gasteiger partial charge in [-0.2, -0.15) is 18.4 Å². The summed E-state index contributed by atoms with van der Waals surface area (Å²) in [7, 11) is 0. The molecule has 4 heterocycles. The summed E-state index contributed by atoms with van der Waals surface area (Å²) in [5.74, 6) is 0.165. The van der Waals surface area contributed by atoms with Crippen molar-refractivity contribution < 1.29 is 32.6 Å². The smallest absolute Gasteiger partial charge is 0.416 e. The highest BCUT2D eigenvalue weighted by molar-refractivity contribution is 5.89. The number of halogens is 3. The predicted octanol–water partition coefficient (Wildman–Crippen LogP) is 4.84. The number of nitrogens with zero attached hydrogens (tertiary/aromatic N) is 5. The number of rotatable bonds is 7. The Balaban J connectivity index is 1.44. The summed E-state index contributed by atoms with van der Waals surface area (Å²) in [6, 6.07) is 11.9. The van der Waals surface area contributed by atoms with Gasteiger partial charge in [0.15, 0.2) is 0 Å². The number of carbonyl (C=O) groups is 2. The first-order valence-corrected chi connectivity index (χ1v) is 14.3. The van der Waals surface area contributed by atoms with Crippen LogP contribution in [0.1, 0.15) is 42.9 Å². The van der Waals surface area contributed by atoms with Gasteiger partial charge in [0.05, 0.1) is 40.1 Å². The van der Waals surface area contributed by atoms with Crippen LogP contribution < -0.4 is 15.0 Å². The van der Waals surface area contributed by atoms with Crippen molar-refractivity contribution in [2.45, 2.75) is 43.8 Å². The molecule has 1 atom stereocenters. The Hall–Kier alpha value is -4.86. The number of likely N-dealkylation sites (tertiary alicyclic amines) is 1. The molecule has 5 rings (SSSR count). The van der Waals surface area contributed by atoms with E-state index in [0.29, 0.717) is 48.0 Å². The van der Waals surface area contributed by atoms with Gasteiger partial charge in [0.1, 0.15) is 6.07 Å². The molecule has 2 aliphatic heterocycles. The van der Waals surface area contributed by atoms with E-state index >= 15 is 0 Å². The molecule has 1 aromatic carbocycles. The number of hydrogen-bond acceptors (Lipinski definition) is 7. The Bertz CT molecular complexity index is 1570. The number of benzene rings is 1. The zero-order valence-corrected chi connectivity index (χ0v) is 24.0. The van der Waals surface area contributed by atoms with Crippen LogP contribution in [0.15, 0.2) is 54.9 Å². The van der Waals surface area contributed by atoms with Crippen LogP contribution in [0.25, 0.3) is 11.3 Å². The largest absolute Gasteiger partial charge is 0.477 e.